The van der Waals surface area contributed by atoms with E-state index in [4.69, 9.17) is 9.47 Å². The van der Waals surface area contributed by atoms with E-state index < -0.39 is 5.54 Å². The number of ether oxygens (including phenoxy) is 2. The smallest absolute Gasteiger partial charge is 0.329 e. The zero-order chi connectivity index (χ0) is 15.3. The van der Waals surface area contributed by atoms with Gasteiger partial charge in [-0.25, -0.2) is 4.79 Å². The summed E-state index contributed by atoms with van der Waals surface area (Å²) in [5.74, 6) is 0.358. The first-order valence-electron chi connectivity index (χ1n) is 6.90. The van der Waals surface area contributed by atoms with Crippen LogP contribution in [0.4, 0.5) is 0 Å². The lowest BCUT2D eigenvalue weighted by Gasteiger charge is -2.27. The Kier molecular flexibility index (Phi) is 4.75. The summed E-state index contributed by atoms with van der Waals surface area (Å²) in [5, 5.41) is 4.03. The molecule has 1 atom stereocenters. The number of benzene rings is 1. The highest BCUT2D eigenvalue weighted by Crippen LogP contribution is 2.24. The number of hydrogen-bond acceptors (Lipinski definition) is 5. The number of fused-ring (bicyclic) bond motifs is 1. The number of methoxy groups -OCH3 is 1. The molecule has 0 radical (unpaired) electrons. The van der Waals surface area contributed by atoms with Gasteiger partial charge < -0.3 is 9.47 Å². The number of carbonyl (C=O) groups is 1. The summed E-state index contributed by atoms with van der Waals surface area (Å²) in [4.78, 5) is 16.2. The van der Waals surface area contributed by atoms with E-state index in [0.717, 1.165) is 10.9 Å². The first-order chi connectivity index (χ1) is 10.1. The first-order valence-corrected chi connectivity index (χ1v) is 6.90. The van der Waals surface area contributed by atoms with E-state index in [2.05, 4.69) is 10.3 Å². The second kappa shape index (κ2) is 6.54. The van der Waals surface area contributed by atoms with Crippen molar-refractivity contribution in [2.75, 3.05) is 20.3 Å². The fraction of sp³-hybridized carbons (Fsp3) is 0.375. The van der Waals surface area contributed by atoms with E-state index in [1.165, 1.54) is 7.11 Å². The van der Waals surface area contributed by atoms with E-state index in [1.54, 1.807) is 13.1 Å². The summed E-state index contributed by atoms with van der Waals surface area (Å²) in [5.41, 5.74) is -0.0216. The summed E-state index contributed by atoms with van der Waals surface area (Å²) in [6.45, 7) is 4.53. The van der Waals surface area contributed by atoms with Crippen molar-refractivity contribution >= 4 is 16.9 Å². The van der Waals surface area contributed by atoms with Crippen LogP contribution in [0.1, 0.15) is 13.8 Å². The van der Waals surface area contributed by atoms with Crippen molar-refractivity contribution in [2.45, 2.75) is 19.4 Å². The molecule has 0 aliphatic heterocycles. The SMILES string of the molecule is CCNC(C)(COc1cccc2ncccc12)C(=O)OC. The normalized spacial score (nSPS) is 13.7. The number of carbonyl (C=O) groups excluding carboxylic acids is 1. The van der Waals surface area contributed by atoms with Crippen molar-refractivity contribution < 1.29 is 14.3 Å². The summed E-state index contributed by atoms with van der Waals surface area (Å²) < 4.78 is 10.7. The summed E-state index contributed by atoms with van der Waals surface area (Å²) in [6.07, 6.45) is 1.74. The molecule has 1 N–H and O–H groups in total. The van der Waals surface area contributed by atoms with Gasteiger partial charge in [-0.2, -0.15) is 0 Å². The van der Waals surface area contributed by atoms with E-state index in [0.29, 0.717) is 12.3 Å². The van der Waals surface area contributed by atoms with Gasteiger partial charge in [0.05, 0.1) is 12.6 Å². The van der Waals surface area contributed by atoms with E-state index >= 15 is 0 Å². The Bertz CT molecular complexity index is 624. The van der Waals surface area contributed by atoms with E-state index in [-0.39, 0.29) is 12.6 Å². The maximum Gasteiger partial charge on any atom is 0.329 e. The van der Waals surface area contributed by atoms with Crippen LogP contribution >= 0.6 is 0 Å². The van der Waals surface area contributed by atoms with Crippen LogP contribution in [0.2, 0.25) is 0 Å². The maximum atomic E-state index is 11.9. The molecule has 0 aliphatic carbocycles. The average Bonchev–Trinajstić information content (AvgIpc) is 2.52. The molecule has 1 aromatic carbocycles. The van der Waals surface area contributed by atoms with Crippen LogP contribution < -0.4 is 10.1 Å². The maximum absolute atomic E-state index is 11.9. The second-order valence-electron chi connectivity index (χ2n) is 4.97. The van der Waals surface area contributed by atoms with Gasteiger partial charge in [-0.05, 0) is 37.7 Å². The van der Waals surface area contributed by atoms with E-state index in [1.807, 2.05) is 37.3 Å². The lowest BCUT2D eigenvalue weighted by Crippen LogP contribution is -2.54. The molecule has 0 aliphatic rings. The molecule has 0 saturated heterocycles. The molecule has 2 rings (SSSR count). The van der Waals surface area contributed by atoms with Gasteiger partial charge in [-0.15, -0.1) is 0 Å². The molecule has 0 amide bonds. The lowest BCUT2D eigenvalue weighted by atomic mass is 10.0. The number of rotatable bonds is 6. The predicted octanol–water partition coefficient (Wildman–Crippen LogP) is 2.15. The molecule has 21 heavy (non-hydrogen) atoms. The van der Waals surface area contributed by atoms with Crippen molar-refractivity contribution in [3.8, 4) is 5.75 Å². The third-order valence-corrected chi connectivity index (χ3v) is 3.32. The van der Waals surface area contributed by atoms with Gasteiger partial charge in [-0.1, -0.05) is 13.0 Å². The minimum atomic E-state index is -0.881. The Morgan fingerprint density at radius 3 is 2.86 bits per heavy atom. The Labute approximate surface area is 124 Å². The third-order valence-electron chi connectivity index (χ3n) is 3.32. The van der Waals surface area contributed by atoms with Gasteiger partial charge in [0.1, 0.15) is 17.9 Å². The number of pyridine rings is 1. The molecule has 5 heteroatoms. The number of nitrogens with zero attached hydrogens (tertiary/aromatic N) is 1. The van der Waals surface area contributed by atoms with Gasteiger partial charge in [0.2, 0.25) is 0 Å². The highest BCUT2D eigenvalue weighted by atomic mass is 16.5. The Morgan fingerprint density at radius 1 is 1.33 bits per heavy atom. The van der Waals surface area contributed by atoms with Gasteiger partial charge in [-0.3, -0.25) is 10.3 Å². The molecule has 0 saturated carbocycles. The summed E-state index contributed by atoms with van der Waals surface area (Å²) in [6, 6.07) is 9.48. The van der Waals surface area contributed by atoms with Crippen molar-refractivity contribution in [1.29, 1.82) is 0 Å². The molecule has 0 spiro atoms. The molecular weight excluding hydrogens is 268 g/mol. The Balaban J connectivity index is 2.22. The van der Waals surface area contributed by atoms with Crippen LogP contribution in [-0.2, 0) is 9.53 Å². The number of nitrogens with one attached hydrogen (secondary N) is 1. The molecule has 1 heterocycles. The molecule has 1 unspecified atom stereocenters. The molecule has 0 fully saturated rings. The molecule has 0 bridgehead atoms. The molecular formula is C16H20N2O3. The van der Waals surface area contributed by atoms with Crippen LogP contribution in [0.15, 0.2) is 36.5 Å². The minimum absolute atomic E-state index is 0.182. The van der Waals surface area contributed by atoms with Gasteiger partial charge in [0, 0.05) is 11.6 Å². The molecule has 5 nitrogen and oxygen atoms in total. The van der Waals surface area contributed by atoms with Crippen LogP contribution in [-0.4, -0.2) is 36.8 Å². The molecule has 1 aromatic heterocycles. The fourth-order valence-electron chi connectivity index (χ4n) is 2.22. The number of likely N-dealkylation sites (N-methyl/N-ethyl adjacent to an activating group) is 1. The number of aromatic nitrogens is 1. The summed E-state index contributed by atoms with van der Waals surface area (Å²) >= 11 is 0. The van der Waals surface area contributed by atoms with Crippen LogP contribution in [0, 0.1) is 0 Å². The average molecular weight is 288 g/mol. The third kappa shape index (κ3) is 3.31. The molecule has 112 valence electrons. The van der Waals surface area contributed by atoms with Crippen LogP contribution in [0.5, 0.6) is 5.75 Å². The van der Waals surface area contributed by atoms with Crippen molar-refractivity contribution in [3.05, 3.63) is 36.5 Å². The van der Waals surface area contributed by atoms with Crippen molar-refractivity contribution in [3.63, 3.8) is 0 Å². The fourth-order valence-corrected chi connectivity index (χ4v) is 2.22. The van der Waals surface area contributed by atoms with Gasteiger partial charge in [0.15, 0.2) is 0 Å². The summed E-state index contributed by atoms with van der Waals surface area (Å²) in [7, 11) is 1.37. The van der Waals surface area contributed by atoms with E-state index in [9.17, 15) is 4.79 Å². The quantitative estimate of drug-likeness (QED) is 0.825. The largest absolute Gasteiger partial charge is 0.490 e. The van der Waals surface area contributed by atoms with Crippen LogP contribution in [0.25, 0.3) is 10.9 Å². The second-order valence-corrected chi connectivity index (χ2v) is 4.97. The first kappa shape index (κ1) is 15.3. The zero-order valence-corrected chi connectivity index (χ0v) is 12.6. The number of esters is 1. The van der Waals surface area contributed by atoms with Crippen molar-refractivity contribution in [1.82, 2.24) is 10.3 Å². The van der Waals surface area contributed by atoms with Gasteiger partial charge in [0.25, 0.3) is 0 Å². The van der Waals surface area contributed by atoms with Gasteiger partial charge >= 0.3 is 5.97 Å². The van der Waals surface area contributed by atoms with Crippen molar-refractivity contribution in [2.24, 2.45) is 0 Å². The topological polar surface area (TPSA) is 60.5 Å². The standard InChI is InChI=1S/C16H20N2O3/c1-4-18-16(2,15(19)20-3)11-21-14-9-5-8-13-12(14)7-6-10-17-13/h5-10,18H,4,11H2,1-3H3. The highest BCUT2D eigenvalue weighted by Gasteiger charge is 2.34. The zero-order valence-electron chi connectivity index (χ0n) is 12.6. The monoisotopic (exact) mass is 288 g/mol. The Morgan fingerprint density at radius 2 is 2.14 bits per heavy atom. The predicted molar refractivity (Wildman–Crippen MR) is 81.3 cm³/mol. The highest BCUT2D eigenvalue weighted by molar-refractivity contribution is 5.85. The minimum Gasteiger partial charge on any atom is -0.490 e. The lowest BCUT2D eigenvalue weighted by molar-refractivity contribution is -0.149. The Hall–Kier alpha value is -2.14. The molecule has 2 aromatic rings. The van der Waals surface area contributed by atoms with Crippen LogP contribution in [0.3, 0.4) is 0 Å². The number of hydrogen-bond donors (Lipinski definition) is 1.